The van der Waals surface area contributed by atoms with Gasteiger partial charge in [0.2, 0.25) is 0 Å². The van der Waals surface area contributed by atoms with Gasteiger partial charge in [-0.15, -0.1) is 0 Å². The molecule has 2 nitrogen and oxygen atoms in total. The third-order valence-corrected chi connectivity index (χ3v) is 3.23. The second-order valence-electron chi connectivity index (χ2n) is 5.61. The van der Waals surface area contributed by atoms with Crippen LogP contribution in [0, 0.1) is 13.8 Å². The van der Waals surface area contributed by atoms with E-state index in [0.717, 1.165) is 6.54 Å². The molecule has 0 aliphatic heterocycles. The fourth-order valence-corrected chi connectivity index (χ4v) is 2.25. The van der Waals surface area contributed by atoms with Crippen molar-refractivity contribution in [1.82, 2.24) is 10.2 Å². The fourth-order valence-electron chi connectivity index (χ4n) is 2.25. The molecule has 0 fully saturated rings. The maximum absolute atomic E-state index is 3.61. The van der Waals surface area contributed by atoms with Gasteiger partial charge in [0.1, 0.15) is 0 Å². The van der Waals surface area contributed by atoms with E-state index in [1.165, 1.54) is 36.1 Å². The zero-order valence-electron chi connectivity index (χ0n) is 12.6. The largest absolute Gasteiger partial charge is 0.310 e. The van der Waals surface area contributed by atoms with Crippen molar-refractivity contribution in [3.63, 3.8) is 0 Å². The van der Waals surface area contributed by atoms with Gasteiger partial charge in [-0.25, -0.2) is 0 Å². The molecule has 0 aliphatic rings. The van der Waals surface area contributed by atoms with E-state index < -0.39 is 0 Å². The highest BCUT2D eigenvalue weighted by atomic mass is 15.0. The molecule has 0 bridgehead atoms. The van der Waals surface area contributed by atoms with Crippen LogP contribution in [-0.4, -0.2) is 32.1 Å². The van der Waals surface area contributed by atoms with Crippen LogP contribution in [0.15, 0.2) is 18.2 Å². The average Bonchev–Trinajstić information content (AvgIpc) is 2.26. The van der Waals surface area contributed by atoms with E-state index in [1.807, 2.05) is 0 Å². The highest BCUT2D eigenvalue weighted by Crippen LogP contribution is 2.16. The van der Waals surface area contributed by atoms with Crippen LogP contribution >= 0.6 is 0 Å². The summed E-state index contributed by atoms with van der Waals surface area (Å²) in [5.41, 5.74) is 4.11. The summed E-state index contributed by atoms with van der Waals surface area (Å²) in [7, 11) is 4.26. The molecule has 0 heterocycles. The summed E-state index contributed by atoms with van der Waals surface area (Å²) in [4.78, 5) is 2.24. The molecule has 0 saturated heterocycles. The molecule has 1 aromatic rings. The molecule has 2 heteroatoms. The lowest BCUT2D eigenvalue weighted by molar-refractivity contribution is 0.389. The van der Waals surface area contributed by atoms with E-state index in [1.54, 1.807) is 0 Å². The molecule has 0 aromatic heterocycles. The molecule has 0 saturated carbocycles. The van der Waals surface area contributed by atoms with E-state index in [-0.39, 0.29) is 0 Å². The average molecular weight is 248 g/mol. The number of nitrogens with zero attached hydrogens (tertiary/aromatic N) is 1. The molecule has 18 heavy (non-hydrogen) atoms. The predicted molar refractivity (Wildman–Crippen MR) is 80.1 cm³/mol. The Morgan fingerprint density at radius 2 is 1.67 bits per heavy atom. The molecular weight excluding hydrogens is 220 g/mol. The van der Waals surface area contributed by atoms with Crippen LogP contribution in [0.1, 0.15) is 42.5 Å². The first-order valence-electron chi connectivity index (χ1n) is 6.95. The van der Waals surface area contributed by atoms with Gasteiger partial charge in [-0.3, -0.25) is 0 Å². The first-order chi connectivity index (χ1) is 8.49. The molecule has 1 N–H and O–H groups in total. The van der Waals surface area contributed by atoms with E-state index >= 15 is 0 Å². The Hall–Kier alpha value is -0.860. The van der Waals surface area contributed by atoms with Crippen molar-refractivity contribution in [2.24, 2.45) is 0 Å². The topological polar surface area (TPSA) is 15.3 Å². The van der Waals surface area contributed by atoms with Crippen LogP contribution in [0.5, 0.6) is 0 Å². The first-order valence-corrected chi connectivity index (χ1v) is 6.95. The van der Waals surface area contributed by atoms with Crippen molar-refractivity contribution >= 4 is 0 Å². The lowest BCUT2D eigenvalue weighted by Gasteiger charge is -2.16. The smallest absolute Gasteiger partial charge is 0.0291 e. The van der Waals surface area contributed by atoms with Gasteiger partial charge in [-0.05, 0) is 66.4 Å². The summed E-state index contributed by atoms with van der Waals surface area (Å²) < 4.78 is 0. The highest BCUT2D eigenvalue weighted by molar-refractivity contribution is 5.30. The van der Waals surface area contributed by atoms with Crippen LogP contribution in [0.2, 0.25) is 0 Å². The molecule has 102 valence electrons. The summed E-state index contributed by atoms with van der Waals surface area (Å²) in [5.74, 6) is 0. The molecule has 1 aromatic carbocycles. The zero-order chi connectivity index (χ0) is 13.5. The maximum Gasteiger partial charge on any atom is 0.0291 e. The first kappa shape index (κ1) is 15.2. The summed E-state index contributed by atoms with van der Waals surface area (Å²) in [5, 5.41) is 3.61. The van der Waals surface area contributed by atoms with Crippen molar-refractivity contribution in [2.45, 2.75) is 39.7 Å². The molecule has 0 radical (unpaired) electrons. The molecule has 1 rings (SSSR count). The van der Waals surface area contributed by atoms with Gasteiger partial charge in [-0.2, -0.15) is 0 Å². The van der Waals surface area contributed by atoms with Crippen LogP contribution in [0.4, 0.5) is 0 Å². The quantitative estimate of drug-likeness (QED) is 0.745. The summed E-state index contributed by atoms with van der Waals surface area (Å²) in [6.45, 7) is 8.86. The van der Waals surface area contributed by atoms with Gasteiger partial charge in [0.05, 0.1) is 0 Å². The number of nitrogens with one attached hydrogen (secondary N) is 1. The third-order valence-electron chi connectivity index (χ3n) is 3.23. The maximum atomic E-state index is 3.61. The van der Waals surface area contributed by atoms with Gasteiger partial charge in [0.15, 0.2) is 0 Å². The Morgan fingerprint density at radius 1 is 1.06 bits per heavy atom. The van der Waals surface area contributed by atoms with E-state index in [0.29, 0.717) is 6.04 Å². The number of hydrogen-bond acceptors (Lipinski definition) is 2. The standard InChI is InChI=1S/C16H28N2/c1-13-10-14(2)12-16(11-13)15(3)17-8-6-7-9-18(4)5/h10-12,15,17H,6-9H2,1-5H3. The molecule has 0 amide bonds. The van der Waals surface area contributed by atoms with Crippen LogP contribution in [0.25, 0.3) is 0 Å². The lowest BCUT2D eigenvalue weighted by Crippen LogP contribution is -2.21. The normalized spacial score (nSPS) is 13.0. The van der Waals surface area contributed by atoms with Crippen molar-refractivity contribution in [2.75, 3.05) is 27.2 Å². The SMILES string of the molecule is Cc1cc(C)cc(C(C)NCCCCN(C)C)c1. The van der Waals surface area contributed by atoms with Crippen molar-refractivity contribution in [3.05, 3.63) is 34.9 Å². The second kappa shape index (κ2) is 7.55. The van der Waals surface area contributed by atoms with Gasteiger partial charge in [-0.1, -0.05) is 29.3 Å². The van der Waals surface area contributed by atoms with Crippen LogP contribution < -0.4 is 5.32 Å². The Kier molecular flexibility index (Phi) is 6.37. The molecule has 0 aliphatic carbocycles. The third kappa shape index (κ3) is 5.65. The minimum absolute atomic E-state index is 0.447. The monoisotopic (exact) mass is 248 g/mol. The van der Waals surface area contributed by atoms with Crippen LogP contribution in [0.3, 0.4) is 0 Å². The summed E-state index contributed by atoms with van der Waals surface area (Å²) in [6, 6.07) is 7.24. The van der Waals surface area contributed by atoms with E-state index in [2.05, 4.69) is 63.3 Å². The number of hydrogen-bond donors (Lipinski definition) is 1. The fraction of sp³-hybridized carbons (Fsp3) is 0.625. The minimum Gasteiger partial charge on any atom is -0.310 e. The van der Waals surface area contributed by atoms with Crippen molar-refractivity contribution < 1.29 is 0 Å². The minimum atomic E-state index is 0.447. The summed E-state index contributed by atoms with van der Waals surface area (Å²) in [6.07, 6.45) is 2.51. The molecule has 0 spiro atoms. The van der Waals surface area contributed by atoms with E-state index in [9.17, 15) is 0 Å². The number of benzene rings is 1. The lowest BCUT2D eigenvalue weighted by atomic mass is 10.0. The molecular formula is C16H28N2. The van der Waals surface area contributed by atoms with Gasteiger partial charge >= 0.3 is 0 Å². The van der Waals surface area contributed by atoms with Crippen molar-refractivity contribution in [3.8, 4) is 0 Å². The van der Waals surface area contributed by atoms with Crippen LogP contribution in [-0.2, 0) is 0 Å². The number of rotatable bonds is 7. The van der Waals surface area contributed by atoms with Gasteiger partial charge in [0, 0.05) is 6.04 Å². The molecule has 1 atom stereocenters. The second-order valence-corrected chi connectivity index (χ2v) is 5.61. The Labute approximate surface area is 112 Å². The van der Waals surface area contributed by atoms with Gasteiger partial charge < -0.3 is 10.2 Å². The number of aryl methyl sites for hydroxylation is 2. The Morgan fingerprint density at radius 3 is 2.22 bits per heavy atom. The highest BCUT2D eigenvalue weighted by Gasteiger charge is 2.05. The Balaban J connectivity index is 2.34. The number of unbranched alkanes of at least 4 members (excludes halogenated alkanes) is 1. The predicted octanol–water partition coefficient (Wildman–Crippen LogP) is 3.30. The molecule has 1 unspecified atom stereocenters. The Bertz CT molecular complexity index is 338. The van der Waals surface area contributed by atoms with E-state index in [4.69, 9.17) is 0 Å². The summed E-state index contributed by atoms with van der Waals surface area (Å²) >= 11 is 0. The van der Waals surface area contributed by atoms with Gasteiger partial charge in [0.25, 0.3) is 0 Å². The zero-order valence-corrected chi connectivity index (χ0v) is 12.6. The van der Waals surface area contributed by atoms with Crippen molar-refractivity contribution in [1.29, 1.82) is 0 Å².